The van der Waals surface area contributed by atoms with Crippen LogP contribution >= 0.6 is 0 Å². The fourth-order valence-corrected chi connectivity index (χ4v) is 1.18. The second kappa shape index (κ2) is 5.74. The van der Waals surface area contributed by atoms with Crippen LogP contribution in [0.15, 0.2) is 12.3 Å². The van der Waals surface area contributed by atoms with Gasteiger partial charge in [-0.05, 0) is 13.0 Å². The number of aromatic amines is 1. The normalized spacial score (nSPS) is 15.4. The molecule has 0 aliphatic heterocycles. The fourth-order valence-electron chi connectivity index (χ4n) is 1.18. The van der Waals surface area contributed by atoms with Crippen molar-refractivity contribution in [3.05, 3.63) is 18.0 Å². The molecule has 0 saturated carbocycles. The molecule has 1 rings (SSSR count). The first-order chi connectivity index (χ1) is 6.74. The Morgan fingerprint density at radius 3 is 3.07 bits per heavy atom. The average molecular weight is 199 g/mol. The van der Waals surface area contributed by atoms with Crippen molar-refractivity contribution in [2.45, 2.75) is 19.1 Å². The number of nitrogens with zero attached hydrogens (tertiary/aromatic N) is 1. The van der Waals surface area contributed by atoms with Gasteiger partial charge in [0.25, 0.3) is 0 Å². The van der Waals surface area contributed by atoms with E-state index in [2.05, 4.69) is 15.5 Å². The third kappa shape index (κ3) is 3.45. The van der Waals surface area contributed by atoms with E-state index < -0.39 is 6.10 Å². The minimum absolute atomic E-state index is 0.156. The molecule has 80 valence electrons. The lowest BCUT2D eigenvalue weighted by atomic mass is 10.2. The molecule has 2 atom stereocenters. The van der Waals surface area contributed by atoms with Crippen LogP contribution in [-0.2, 0) is 4.74 Å². The SMILES string of the molecule is COCC(O)CNC(C)c1ccn[nH]1. The van der Waals surface area contributed by atoms with Crippen molar-refractivity contribution >= 4 is 0 Å². The number of methoxy groups -OCH3 is 1. The van der Waals surface area contributed by atoms with Crippen LogP contribution in [0.25, 0.3) is 0 Å². The van der Waals surface area contributed by atoms with E-state index >= 15 is 0 Å². The van der Waals surface area contributed by atoms with Crippen LogP contribution in [0.1, 0.15) is 18.7 Å². The molecule has 0 saturated heterocycles. The molecule has 5 nitrogen and oxygen atoms in total. The van der Waals surface area contributed by atoms with E-state index in [1.165, 1.54) is 0 Å². The summed E-state index contributed by atoms with van der Waals surface area (Å²) in [5.41, 5.74) is 1.01. The Bertz CT molecular complexity index is 238. The largest absolute Gasteiger partial charge is 0.389 e. The van der Waals surface area contributed by atoms with Gasteiger partial charge >= 0.3 is 0 Å². The summed E-state index contributed by atoms with van der Waals surface area (Å²) in [6.07, 6.45) is 1.24. The third-order valence-corrected chi connectivity index (χ3v) is 2.01. The number of hydrogen-bond donors (Lipinski definition) is 3. The zero-order chi connectivity index (χ0) is 10.4. The first-order valence-electron chi connectivity index (χ1n) is 4.63. The second-order valence-corrected chi connectivity index (χ2v) is 3.25. The Balaban J connectivity index is 2.24. The van der Waals surface area contributed by atoms with Gasteiger partial charge in [-0.1, -0.05) is 0 Å². The highest BCUT2D eigenvalue weighted by Gasteiger charge is 2.08. The first kappa shape index (κ1) is 11.2. The summed E-state index contributed by atoms with van der Waals surface area (Å²) in [5.74, 6) is 0. The number of aliphatic hydroxyl groups excluding tert-OH is 1. The Hall–Kier alpha value is -0.910. The Morgan fingerprint density at radius 1 is 1.71 bits per heavy atom. The second-order valence-electron chi connectivity index (χ2n) is 3.25. The lowest BCUT2D eigenvalue weighted by Gasteiger charge is -2.15. The minimum Gasteiger partial charge on any atom is -0.389 e. The molecule has 0 fully saturated rings. The summed E-state index contributed by atoms with van der Waals surface area (Å²) in [4.78, 5) is 0. The molecule has 0 spiro atoms. The van der Waals surface area contributed by atoms with Crippen LogP contribution in [0.3, 0.4) is 0 Å². The molecule has 0 aliphatic carbocycles. The summed E-state index contributed by atoms with van der Waals surface area (Å²) < 4.78 is 4.82. The monoisotopic (exact) mass is 199 g/mol. The number of aliphatic hydroxyl groups is 1. The van der Waals surface area contributed by atoms with E-state index in [9.17, 15) is 5.11 Å². The van der Waals surface area contributed by atoms with Gasteiger partial charge in [0.05, 0.1) is 18.4 Å². The maximum atomic E-state index is 9.38. The molecule has 0 amide bonds. The fraction of sp³-hybridized carbons (Fsp3) is 0.667. The number of hydrogen-bond acceptors (Lipinski definition) is 4. The summed E-state index contributed by atoms with van der Waals surface area (Å²) in [6, 6.07) is 2.06. The molecule has 0 aromatic carbocycles. The molecule has 0 aliphatic rings. The molecular weight excluding hydrogens is 182 g/mol. The third-order valence-electron chi connectivity index (χ3n) is 2.01. The zero-order valence-electron chi connectivity index (χ0n) is 8.53. The van der Waals surface area contributed by atoms with Gasteiger partial charge in [0.15, 0.2) is 0 Å². The zero-order valence-corrected chi connectivity index (χ0v) is 8.53. The summed E-state index contributed by atoms with van der Waals surface area (Å²) in [7, 11) is 1.57. The first-order valence-corrected chi connectivity index (χ1v) is 4.63. The van der Waals surface area contributed by atoms with Crippen molar-refractivity contribution in [3.63, 3.8) is 0 Å². The minimum atomic E-state index is -0.467. The topological polar surface area (TPSA) is 70.2 Å². The molecule has 1 heterocycles. The smallest absolute Gasteiger partial charge is 0.0897 e. The standard InChI is InChI=1S/C9H17N3O2/c1-7(9-3-4-11-12-9)10-5-8(13)6-14-2/h3-4,7-8,10,13H,5-6H2,1-2H3,(H,11,12). The number of aromatic nitrogens is 2. The lowest BCUT2D eigenvalue weighted by molar-refractivity contribution is 0.0630. The van der Waals surface area contributed by atoms with Gasteiger partial charge in [0, 0.05) is 25.9 Å². The van der Waals surface area contributed by atoms with Crippen molar-refractivity contribution in [2.24, 2.45) is 0 Å². The summed E-state index contributed by atoms with van der Waals surface area (Å²) >= 11 is 0. The summed E-state index contributed by atoms with van der Waals surface area (Å²) in [6.45, 7) is 2.86. The predicted molar refractivity (Wildman–Crippen MR) is 52.9 cm³/mol. The van der Waals surface area contributed by atoms with E-state index in [0.717, 1.165) is 5.69 Å². The molecule has 14 heavy (non-hydrogen) atoms. The highest BCUT2D eigenvalue weighted by atomic mass is 16.5. The highest BCUT2D eigenvalue weighted by Crippen LogP contribution is 2.06. The van der Waals surface area contributed by atoms with Gasteiger partial charge in [-0.15, -0.1) is 0 Å². The quantitative estimate of drug-likeness (QED) is 0.606. The van der Waals surface area contributed by atoms with Gasteiger partial charge in [0.2, 0.25) is 0 Å². The molecule has 5 heteroatoms. The van der Waals surface area contributed by atoms with Crippen LogP contribution in [0.2, 0.25) is 0 Å². The predicted octanol–water partition coefficient (Wildman–Crippen LogP) is 0.0676. The van der Waals surface area contributed by atoms with Crippen molar-refractivity contribution < 1.29 is 9.84 Å². The van der Waals surface area contributed by atoms with Gasteiger partial charge in [-0.3, -0.25) is 5.10 Å². The molecule has 0 radical (unpaired) electrons. The summed E-state index contributed by atoms with van der Waals surface area (Å²) in [5, 5.41) is 19.3. The van der Waals surface area contributed by atoms with E-state index in [0.29, 0.717) is 13.2 Å². The molecule has 2 unspecified atom stereocenters. The molecule has 1 aromatic rings. The van der Waals surface area contributed by atoms with Gasteiger partial charge in [-0.2, -0.15) is 5.10 Å². The highest BCUT2D eigenvalue weighted by molar-refractivity contribution is 5.02. The molecule has 1 aromatic heterocycles. The number of rotatable bonds is 6. The average Bonchev–Trinajstić information content (AvgIpc) is 2.67. The van der Waals surface area contributed by atoms with Gasteiger partial charge in [-0.25, -0.2) is 0 Å². The van der Waals surface area contributed by atoms with E-state index in [1.54, 1.807) is 13.3 Å². The molecular formula is C9H17N3O2. The maximum Gasteiger partial charge on any atom is 0.0897 e. The van der Waals surface area contributed by atoms with Gasteiger partial charge in [0.1, 0.15) is 0 Å². The van der Waals surface area contributed by atoms with E-state index in [1.807, 2.05) is 13.0 Å². The van der Waals surface area contributed by atoms with Crippen LogP contribution < -0.4 is 5.32 Å². The number of ether oxygens (including phenoxy) is 1. The van der Waals surface area contributed by atoms with E-state index in [4.69, 9.17) is 4.74 Å². The maximum absolute atomic E-state index is 9.38. The van der Waals surface area contributed by atoms with Crippen LogP contribution in [0, 0.1) is 0 Å². The van der Waals surface area contributed by atoms with Crippen molar-refractivity contribution in [1.29, 1.82) is 0 Å². The molecule has 0 bridgehead atoms. The van der Waals surface area contributed by atoms with E-state index in [-0.39, 0.29) is 6.04 Å². The van der Waals surface area contributed by atoms with Crippen LogP contribution in [0.5, 0.6) is 0 Å². The number of nitrogens with one attached hydrogen (secondary N) is 2. The van der Waals surface area contributed by atoms with Crippen molar-refractivity contribution in [2.75, 3.05) is 20.3 Å². The Morgan fingerprint density at radius 2 is 2.50 bits per heavy atom. The van der Waals surface area contributed by atoms with Crippen LogP contribution in [-0.4, -0.2) is 41.7 Å². The van der Waals surface area contributed by atoms with Crippen LogP contribution in [0.4, 0.5) is 0 Å². The Kier molecular flexibility index (Phi) is 4.58. The Labute approximate surface area is 83.5 Å². The van der Waals surface area contributed by atoms with Crippen molar-refractivity contribution in [3.8, 4) is 0 Å². The lowest BCUT2D eigenvalue weighted by Crippen LogP contribution is -2.31. The molecule has 3 N–H and O–H groups in total. The number of H-pyrrole nitrogens is 1. The van der Waals surface area contributed by atoms with Crippen molar-refractivity contribution in [1.82, 2.24) is 15.5 Å². The van der Waals surface area contributed by atoms with Gasteiger partial charge < -0.3 is 15.2 Å².